The van der Waals surface area contributed by atoms with Crippen LogP contribution in [0.2, 0.25) is 0 Å². The quantitative estimate of drug-likeness (QED) is 0.663. The lowest BCUT2D eigenvalue weighted by molar-refractivity contribution is 0.578. The highest BCUT2D eigenvalue weighted by molar-refractivity contribution is 9.11. The van der Waals surface area contributed by atoms with Crippen molar-refractivity contribution in [2.24, 2.45) is 0 Å². The molecule has 0 aromatic carbocycles. The Labute approximate surface area is 135 Å². The van der Waals surface area contributed by atoms with Crippen molar-refractivity contribution in [2.45, 2.75) is 37.9 Å². The van der Waals surface area contributed by atoms with Crippen molar-refractivity contribution in [3.8, 4) is 0 Å². The number of aromatic nitrogens is 3. The van der Waals surface area contributed by atoms with Gasteiger partial charge in [-0.3, -0.25) is 5.10 Å². The van der Waals surface area contributed by atoms with Gasteiger partial charge in [-0.05, 0) is 22.0 Å². The summed E-state index contributed by atoms with van der Waals surface area (Å²) >= 11 is 4.72. The summed E-state index contributed by atoms with van der Waals surface area (Å²) in [6.07, 6.45) is 1.33. The number of halogens is 1. The van der Waals surface area contributed by atoms with E-state index in [-0.39, 0.29) is 11.4 Å². The van der Waals surface area contributed by atoms with E-state index in [1.807, 2.05) is 13.8 Å². The van der Waals surface area contributed by atoms with Crippen LogP contribution in [0.3, 0.4) is 0 Å². The summed E-state index contributed by atoms with van der Waals surface area (Å²) in [6.45, 7) is 4.79. The second kappa shape index (κ2) is 6.97. The number of hydrogen-bond acceptors (Lipinski definition) is 6. The summed E-state index contributed by atoms with van der Waals surface area (Å²) in [7, 11) is -3.59. The van der Waals surface area contributed by atoms with Crippen molar-refractivity contribution >= 4 is 37.3 Å². The minimum absolute atomic E-state index is 0.0736. The number of H-pyrrole nitrogens is 1. The predicted octanol–water partition coefficient (Wildman–Crippen LogP) is 1.61. The zero-order valence-electron chi connectivity index (χ0n) is 11.6. The molecule has 0 atom stereocenters. The van der Waals surface area contributed by atoms with E-state index in [4.69, 9.17) is 0 Å². The molecule has 10 heteroatoms. The molecule has 0 saturated heterocycles. The van der Waals surface area contributed by atoms with Gasteiger partial charge in [0.15, 0.2) is 0 Å². The molecule has 0 unspecified atom stereocenters. The van der Waals surface area contributed by atoms with Crippen LogP contribution in [-0.2, 0) is 23.1 Å². The smallest absolute Gasteiger partial charge is 0.242 e. The first-order valence-electron chi connectivity index (χ1n) is 6.24. The van der Waals surface area contributed by atoms with Crippen LogP contribution < -0.4 is 10.0 Å². The van der Waals surface area contributed by atoms with Crippen molar-refractivity contribution < 1.29 is 8.42 Å². The number of thiophene rings is 1. The van der Waals surface area contributed by atoms with Gasteiger partial charge >= 0.3 is 0 Å². The first-order valence-corrected chi connectivity index (χ1v) is 9.33. The van der Waals surface area contributed by atoms with Gasteiger partial charge < -0.3 is 5.32 Å². The summed E-state index contributed by atoms with van der Waals surface area (Å²) in [5.74, 6) is 0.464. The molecule has 3 N–H and O–H groups in total. The summed E-state index contributed by atoms with van der Waals surface area (Å²) in [5.41, 5.74) is 0. The van der Waals surface area contributed by atoms with Gasteiger partial charge in [0.25, 0.3) is 0 Å². The molecule has 0 amide bonds. The second-order valence-electron chi connectivity index (χ2n) is 4.64. The molecule has 0 aliphatic rings. The molecule has 0 spiro atoms. The van der Waals surface area contributed by atoms with Gasteiger partial charge in [-0.2, -0.15) is 5.10 Å². The monoisotopic (exact) mass is 393 g/mol. The highest BCUT2D eigenvalue weighted by atomic mass is 79.9. The molecule has 0 saturated carbocycles. The number of nitrogens with one attached hydrogen (secondary N) is 3. The highest BCUT2D eigenvalue weighted by Crippen LogP contribution is 2.31. The van der Waals surface area contributed by atoms with Crippen molar-refractivity contribution in [3.63, 3.8) is 0 Å². The lowest BCUT2D eigenvalue weighted by Gasteiger charge is -2.05. The molecule has 0 aliphatic heterocycles. The van der Waals surface area contributed by atoms with Gasteiger partial charge in [0.2, 0.25) is 10.0 Å². The van der Waals surface area contributed by atoms with Crippen LogP contribution in [0, 0.1) is 0 Å². The average Bonchev–Trinajstić information content (AvgIpc) is 3.03. The molecular weight excluding hydrogens is 378 g/mol. The van der Waals surface area contributed by atoms with Crippen LogP contribution in [0.15, 0.2) is 21.1 Å². The Morgan fingerprint density at radius 3 is 2.81 bits per heavy atom. The SMILES string of the molecule is CC(C)NCc1cc(S(=O)(=O)NCc2ncn[nH]2)c(Br)s1. The van der Waals surface area contributed by atoms with E-state index >= 15 is 0 Å². The van der Waals surface area contributed by atoms with Crippen LogP contribution in [0.5, 0.6) is 0 Å². The Morgan fingerprint density at radius 2 is 2.19 bits per heavy atom. The lowest BCUT2D eigenvalue weighted by atomic mass is 10.4. The Balaban J connectivity index is 2.08. The molecule has 2 aromatic heterocycles. The molecule has 2 rings (SSSR count). The number of sulfonamides is 1. The van der Waals surface area contributed by atoms with Gasteiger partial charge in [-0.1, -0.05) is 13.8 Å². The van der Waals surface area contributed by atoms with E-state index in [9.17, 15) is 8.42 Å². The van der Waals surface area contributed by atoms with Crippen molar-refractivity contribution in [2.75, 3.05) is 0 Å². The average molecular weight is 394 g/mol. The third-order valence-corrected chi connectivity index (χ3v) is 6.23. The lowest BCUT2D eigenvalue weighted by Crippen LogP contribution is -2.24. The molecule has 21 heavy (non-hydrogen) atoms. The normalized spacial score (nSPS) is 12.2. The Bertz CT molecular complexity index is 682. The van der Waals surface area contributed by atoms with Crippen molar-refractivity contribution in [1.82, 2.24) is 25.2 Å². The van der Waals surface area contributed by atoms with Gasteiger partial charge in [0, 0.05) is 17.5 Å². The Kier molecular flexibility index (Phi) is 5.49. The summed E-state index contributed by atoms with van der Waals surface area (Å²) in [6, 6.07) is 2.02. The minimum atomic E-state index is -3.59. The molecule has 2 heterocycles. The third-order valence-electron chi connectivity index (χ3n) is 2.58. The summed E-state index contributed by atoms with van der Waals surface area (Å²) in [4.78, 5) is 5.07. The first kappa shape index (κ1) is 16.6. The van der Waals surface area contributed by atoms with E-state index in [0.717, 1.165) is 4.88 Å². The molecule has 116 valence electrons. The number of rotatable bonds is 7. The van der Waals surface area contributed by atoms with Crippen LogP contribution >= 0.6 is 27.3 Å². The van der Waals surface area contributed by atoms with E-state index < -0.39 is 10.0 Å². The standard InChI is InChI=1S/C11H16BrN5O2S2/c1-7(2)13-4-8-3-9(11(12)20-8)21(18,19)16-5-10-14-6-15-17-10/h3,6-7,13,16H,4-5H2,1-2H3,(H,14,15,17). The predicted molar refractivity (Wildman–Crippen MR) is 84.4 cm³/mol. The van der Waals surface area contributed by atoms with Gasteiger partial charge in [-0.25, -0.2) is 18.1 Å². The zero-order chi connectivity index (χ0) is 15.5. The molecule has 0 aliphatic carbocycles. The fourth-order valence-corrected chi connectivity index (χ4v) is 5.15. The van der Waals surface area contributed by atoms with E-state index in [2.05, 4.69) is 41.2 Å². The van der Waals surface area contributed by atoms with E-state index in [0.29, 0.717) is 22.2 Å². The molecule has 2 aromatic rings. The van der Waals surface area contributed by atoms with E-state index in [1.165, 1.54) is 17.7 Å². The summed E-state index contributed by atoms with van der Waals surface area (Å²) in [5, 5.41) is 9.54. The van der Waals surface area contributed by atoms with Crippen LogP contribution in [-0.4, -0.2) is 29.6 Å². The topological polar surface area (TPSA) is 99.8 Å². The maximum absolute atomic E-state index is 12.3. The van der Waals surface area contributed by atoms with Crippen molar-refractivity contribution in [3.05, 3.63) is 26.9 Å². The van der Waals surface area contributed by atoms with Crippen molar-refractivity contribution in [1.29, 1.82) is 0 Å². The third kappa shape index (κ3) is 4.58. The minimum Gasteiger partial charge on any atom is -0.310 e. The fraction of sp³-hybridized carbons (Fsp3) is 0.455. The molecule has 0 radical (unpaired) electrons. The largest absolute Gasteiger partial charge is 0.310 e. The highest BCUT2D eigenvalue weighted by Gasteiger charge is 2.21. The Hall–Kier alpha value is -0.810. The first-order chi connectivity index (χ1) is 9.88. The van der Waals surface area contributed by atoms with E-state index in [1.54, 1.807) is 6.07 Å². The molecular formula is C11H16BrN5O2S2. The summed E-state index contributed by atoms with van der Waals surface area (Å²) < 4.78 is 27.6. The second-order valence-corrected chi connectivity index (χ2v) is 8.83. The maximum Gasteiger partial charge on any atom is 0.242 e. The maximum atomic E-state index is 12.3. The van der Waals surface area contributed by atoms with Gasteiger partial charge in [-0.15, -0.1) is 11.3 Å². The Morgan fingerprint density at radius 1 is 1.43 bits per heavy atom. The zero-order valence-corrected chi connectivity index (χ0v) is 14.8. The molecule has 7 nitrogen and oxygen atoms in total. The molecule has 0 fully saturated rings. The molecule has 0 bridgehead atoms. The van der Waals surface area contributed by atoms with Gasteiger partial charge in [0.1, 0.15) is 17.0 Å². The van der Waals surface area contributed by atoms with Gasteiger partial charge in [0.05, 0.1) is 10.3 Å². The van der Waals surface area contributed by atoms with Crippen LogP contribution in [0.25, 0.3) is 0 Å². The number of aromatic amines is 1. The number of hydrogen-bond donors (Lipinski definition) is 3. The number of nitrogens with zero attached hydrogens (tertiary/aromatic N) is 2. The fourth-order valence-electron chi connectivity index (χ4n) is 1.53. The van der Waals surface area contributed by atoms with Crippen LogP contribution in [0.1, 0.15) is 24.5 Å². The van der Waals surface area contributed by atoms with Crippen LogP contribution in [0.4, 0.5) is 0 Å².